The number of alkyl halides is 3. The zero-order valence-corrected chi connectivity index (χ0v) is 10.7. The second-order valence-electron chi connectivity index (χ2n) is 4.43. The molecule has 0 aliphatic carbocycles. The lowest BCUT2D eigenvalue weighted by atomic mass is 10.2. The van der Waals surface area contributed by atoms with Gasteiger partial charge in [-0.3, -0.25) is 4.79 Å². The zero-order valence-electron chi connectivity index (χ0n) is 10.7. The molecule has 0 saturated carbocycles. The third kappa shape index (κ3) is 2.16. The van der Waals surface area contributed by atoms with Crippen molar-refractivity contribution in [1.29, 1.82) is 0 Å². The number of aromatic nitrogens is 5. The topological polar surface area (TPSA) is 65.1 Å². The summed E-state index contributed by atoms with van der Waals surface area (Å²) in [6, 6.07) is 7.17. The second kappa shape index (κ2) is 4.40. The maximum Gasteiger partial charge on any atom is 0.433 e. The summed E-state index contributed by atoms with van der Waals surface area (Å²) in [6.07, 6.45) is -4.72. The molecule has 0 atom stereocenters. The molecular formula is C12H8F3N5O. The van der Waals surface area contributed by atoms with Gasteiger partial charge in [-0.05, 0) is 29.5 Å². The minimum Gasteiger partial charge on any atom is -0.269 e. The lowest BCUT2D eigenvalue weighted by molar-refractivity contribution is -0.142. The van der Waals surface area contributed by atoms with Crippen molar-refractivity contribution >= 4 is 5.78 Å². The van der Waals surface area contributed by atoms with E-state index >= 15 is 0 Å². The van der Waals surface area contributed by atoms with E-state index in [4.69, 9.17) is 0 Å². The molecule has 0 spiro atoms. The van der Waals surface area contributed by atoms with Crippen LogP contribution < -0.4 is 5.56 Å². The summed E-state index contributed by atoms with van der Waals surface area (Å²) in [5, 5.41) is 10.0. The van der Waals surface area contributed by atoms with E-state index in [1.165, 1.54) is 0 Å². The van der Waals surface area contributed by atoms with Crippen molar-refractivity contribution in [1.82, 2.24) is 24.6 Å². The van der Waals surface area contributed by atoms with Gasteiger partial charge in [-0.1, -0.05) is 22.8 Å². The highest BCUT2D eigenvalue weighted by molar-refractivity contribution is 5.44. The van der Waals surface area contributed by atoms with Crippen LogP contribution in [0.2, 0.25) is 0 Å². The van der Waals surface area contributed by atoms with Crippen molar-refractivity contribution in [2.45, 2.75) is 13.1 Å². The minimum absolute atomic E-state index is 0.293. The first kappa shape index (κ1) is 13.3. The van der Waals surface area contributed by atoms with Crippen molar-refractivity contribution in [3.05, 3.63) is 51.9 Å². The molecule has 0 radical (unpaired) electrons. The number of aryl methyl sites for hydroxylation is 1. The van der Waals surface area contributed by atoms with Crippen LogP contribution in [0.25, 0.3) is 11.5 Å². The third-order valence-electron chi connectivity index (χ3n) is 2.94. The molecule has 0 N–H and O–H groups in total. The first-order valence-corrected chi connectivity index (χ1v) is 5.86. The molecule has 0 fully saturated rings. The Morgan fingerprint density at radius 1 is 1.14 bits per heavy atom. The van der Waals surface area contributed by atoms with Gasteiger partial charge >= 0.3 is 6.18 Å². The van der Waals surface area contributed by atoms with Gasteiger partial charge in [0, 0.05) is 6.07 Å². The van der Waals surface area contributed by atoms with E-state index < -0.39 is 17.4 Å². The molecule has 0 amide bonds. The molecule has 108 valence electrons. The molecule has 2 aromatic heterocycles. The van der Waals surface area contributed by atoms with Crippen LogP contribution in [-0.2, 0) is 6.18 Å². The molecule has 9 heteroatoms. The fourth-order valence-electron chi connectivity index (χ4n) is 1.96. The summed E-state index contributed by atoms with van der Waals surface area (Å²) < 4.78 is 40.2. The van der Waals surface area contributed by atoms with Crippen LogP contribution in [0.1, 0.15) is 11.3 Å². The average Bonchev–Trinajstić information content (AvgIpc) is 2.87. The third-order valence-corrected chi connectivity index (χ3v) is 2.94. The van der Waals surface area contributed by atoms with Gasteiger partial charge in [0.1, 0.15) is 0 Å². The molecule has 0 unspecified atom stereocenters. The predicted octanol–water partition coefficient (Wildman–Crippen LogP) is 1.60. The second-order valence-corrected chi connectivity index (χ2v) is 4.43. The average molecular weight is 295 g/mol. The van der Waals surface area contributed by atoms with E-state index in [9.17, 15) is 18.0 Å². The van der Waals surface area contributed by atoms with Crippen LogP contribution in [0.4, 0.5) is 13.2 Å². The van der Waals surface area contributed by atoms with Crippen molar-refractivity contribution in [2.24, 2.45) is 0 Å². The zero-order chi connectivity index (χ0) is 15.2. The van der Waals surface area contributed by atoms with Crippen molar-refractivity contribution in [3.63, 3.8) is 0 Å². The van der Waals surface area contributed by atoms with Gasteiger partial charge in [-0.25, -0.2) is 4.57 Å². The molecule has 1 aromatic carbocycles. The van der Waals surface area contributed by atoms with Crippen LogP contribution in [-0.4, -0.2) is 24.6 Å². The quantitative estimate of drug-likeness (QED) is 0.684. The Bertz CT molecular complexity index is 863. The molecule has 0 saturated heterocycles. The number of tetrazole rings is 1. The first-order valence-electron chi connectivity index (χ1n) is 5.86. The summed E-state index contributed by atoms with van der Waals surface area (Å²) in [5.41, 5.74) is -0.724. The van der Waals surface area contributed by atoms with E-state index in [2.05, 4.69) is 15.5 Å². The van der Waals surface area contributed by atoms with Crippen LogP contribution in [0.15, 0.2) is 35.1 Å². The Morgan fingerprint density at radius 2 is 1.81 bits per heavy atom. The summed E-state index contributed by atoms with van der Waals surface area (Å²) in [4.78, 5) is 12.0. The number of fused-ring (bicyclic) bond motifs is 1. The van der Waals surface area contributed by atoms with Crippen LogP contribution in [0.3, 0.4) is 0 Å². The van der Waals surface area contributed by atoms with Gasteiger partial charge in [0.05, 0.1) is 5.69 Å². The maximum absolute atomic E-state index is 12.9. The molecule has 6 nitrogen and oxygen atoms in total. The normalized spacial score (nSPS) is 12.0. The Hall–Kier alpha value is -2.71. The Morgan fingerprint density at radius 3 is 2.43 bits per heavy atom. The molecule has 21 heavy (non-hydrogen) atoms. The summed E-state index contributed by atoms with van der Waals surface area (Å²) in [6.45, 7) is 1.85. The number of rotatable bonds is 1. The number of benzene rings is 1. The highest BCUT2D eigenvalue weighted by atomic mass is 19.4. The SMILES string of the molecule is Cc1ccc(-n2c(=O)cc(C(F)(F)F)n3nnnc23)cc1. The van der Waals surface area contributed by atoms with Crippen LogP contribution in [0.5, 0.6) is 0 Å². The monoisotopic (exact) mass is 295 g/mol. The largest absolute Gasteiger partial charge is 0.433 e. The Balaban J connectivity index is 2.36. The van der Waals surface area contributed by atoms with Gasteiger partial charge < -0.3 is 0 Å². The van der Waals surface area contributed by atoms with Crippen molar-refractivity contribution in [2.75, 3.05) is 0 Å². The summed E-state index contributed by atoms with van der Waals surface area (Å²) in [7, 11) is 0. The lowest BCUT2D eigenvalue weighted by Crippen LogP contribution is -2.26. The van der Waals surface area contributed by atoms with Crippen LogP contribution >= 0.6 is 0 Å². The van der Waals surface area contributed by atoms with Gasteiger partial charge in [-0.15, -0.1) is 0 Å². The lowest BCUT2D eigenvalue weighted by Gasteiger charge is -2.11. The summed E-state index contributed by atoms with van der Waals surface area (Å²) >= 11 is 0. The maximum atomic E-state index is 12.9. The molecule has 0 aliphatic heterocycles. The molecule has 3 aromatic rings. The molecular weight excluding hydrogens is 287 g/mol. The highest BCUT2D eigenvalue weighted by Gasteiger charge is 2.36. The number of hydrogen-bond acceptors (Lipinski definition) is 4. The Labute approximate surface area is 115 Å². The number of hydrogen-bond donors (Lipinski definition) is 0. The smallest absolute Gasteiger partial charge is 0.269 e. The number of halogens is 3. The molecule has 3 rings (SSSR count). The first-order chi connectivity index (χ1) is 9.88. The van der Waals surface area contributed by atoms with Crippen molar-refractivity contribution < 1.29 is 13.2 Å². The van der Waals surface area contributed by atoms with E-state index in [1.807, 2.05) is 6.92 Å². The fourth-order valence-corrected chi connectivity index (χ4v) is 1.96. The van der Waals surface area contributed by atoms with Crippen molar-refractivity contribution in [3.8, 4) is 5.69 Å². The fraction of sp³-hybridized carbons (Fsp3) is 0.167. The van der Waals surface area contributed by atoms with Gasteiger partial charge in [0.2, 0.25) is 0 Å². The van der Waals surface area contributed by atoms with Crippen LogP contribution in [0, 0.1) is 6.92 Å². The molecule has 0 bridgehead atoms. The predicted molar refractivity (Wildman–Crippen MR) is 66.1 cm³/mol. The Kier molecular flexibility index (Phi) is 2.78. The minimum atomic E-state index is -4.72. The van der Waals surface area contributed by atoms with E-state index in [-0.39, 0.29) is 5.78 Å². The van der Waals surface area contributed by atoms with E-state index in [1.54, 1.807) is 24.3 Å². The van der Waals surface area contributed by atoms with Gasteiger partial charge in [0.25, 0.3) is 11.3 Å². The van der Waals surface area contributed by atoms with E-state index in [0.717, 1.165) is 10.1 Å². The van der Waals surface area contributed by atoms with E-state index in [0.29, 0.717) is 16.3 Å². The van der Waals surface area contributed by atoms with Gasteiger partial charge in [0.15, 0.2) is 5.69 Å². The highest BCUT2D eigenvalue weighted by Crippen LogP contribution is 2.28. The molecule has 2 heterocycles. The van der Waals surface area contributed by atoms with Gasteiger partial charge in [-0.2, -0.15) is 17.7 Å². The summed E-state index contributed by atoms with van der Waals surface area (Å²) in [5.74, 6) is -0.293. The standard InChI is InChI=1S/C12H8F3N5O/c1-7-2-4-8(5-3-7)19-10(21)6-9(12(13,14)15)20-11(19)16-17-18-20/h2-6H,1H3. The molecule has 0 aliphatic rings. The number of nitrogens with zero attached hydrogens (tertiary/aromatic N) is 5.